The van der Waals surface area contributed by atoms with Gasteiger partial charge in [0.2, 0.25) is 29.5 Å². The summed E-state index contributed by atoms with van der Waals surface area (Å²) >= 11 is 0. The molecule has 7 amide bonds. The van der Waals surface area contributed by atoms with E-state index in [1.807, 2.05) is 36.4 Å². The number of unbranched alkanes of at least 4 members (excludes halogenated alkanes) is 2. The summed E-state index contributed by atoms with van der Waals surface area (Å²) in [5, 5.41) is 8.53. The predicted molar refractivity (Wildman–Crippen MR) is 261 cm³/mol. The number of imide groups is 1. The Balaban J connectivity index is 1.18. The minimum Gasteiger partial charge on any atom is -0.379 e. The van der Waals surface area contributed by atoms with E-state index in [-0.39, 0.29) is 78.5 Å². The third-order valence-corrected chi connectivity index (χ3v) is 14.3. The molecule has 6 atom stereocenters. The van der Waals surface area contributed by atoms with Gasteiger partial charge in [-0.3, -0.25) is 43.3 Å². The standard InChI is InChI=1S/C53H77N6O10/c1-34(50(66)55-39(30-35-20-13-10-14-21-35)48(65)37-31-38(37)52(2,3)4)49(69-9)40-24-19-29-58(40)45(63)32-41(68-8)47(36-22-15-11-16-23-36)57(7)46(64)33-54-51(67)53(5,6)56-42(60)25-17-12-18-28-59-43(61)26-27-44(59)62/h10,13-14,20-21,26-27,31,34,36,39-41,47,49H,11-12,15-19,22-25,28-30,32-33H2,1-9H3,(H,54,67)(H,55,66)(H,56,60)/t34-,39+,40+,41-,47+,49-/m1/s1. The summed E-state index contributed by atoms with van der Waals surface area (Å²) in [6, 6.07) is 7.92. The zero-order valence-electron chi connectivity index (χ0n) is 42.4. The maximum atomic E-state index is 14.5. The first-order valence-corrected chi connectivity index (χ1v) is 24.9. The minimum absolute atomic E-state index is 0.0185. The topological polar surface area (TPSA) is 201 Å². The molecule has 69 heavy (non-hydrogen) atoms. The van der Waals surface area contributed by atoms with Crippen molar-refractivity contribution >= 4 is 47.1 Å². The molecule has 2 heterocycles. The van der Waals surface area contributed by atoms with E-state index in [4.69, 9.17) is 9.47 Å². The number of nitrogens with one attached hydrogen (secondary N) is 3. The fraction of sp³-hybridized carbons (Fsp3) is 0.642. The second kappa shape index (κ2) is 24.6. The maximum absolute atomic E-state index is 14.5. The van der Waals surface area contributed by atoms with Crippen molar-refractivity contribution in [2.75, 3.05) is 40.9 Å². The van der Waals surface area contributed by atoms with Crippen molar-refractivity contribution in [1.82, 2.24) is 30.7 Å². The summed E-state index contributed by atoms with van der Waals surface area (Å²) in [5.41, 5.74) is 0.397. The molecule has 2 aliphatic carbocycles. The molecule has 1 saturated carbocycles. The van der Waals surface area contributed by atoms with E-state index >= 15 is 0 Å². The van der Waals surface area contributed by atoms with Crippen LogP contribution in [0.15, 0.2) is 54.1 Å². The number of likely N-dealkylation sites (N-methyl/N-ethyl adjacent to an activating group) is 1. The lowest BCUT2D eigenvalue weighted by Gasteiger charge is -2.41. The number of ether oxygens (including phenoxy) is 2. The molecule has 16 nitrogen and oxygen atoms in total. The number of rotatable bonds is 25. The first kappa shape index (κ1) is 54.7. The van der Waals surface area contributed by atoms with Gasteiger partial charge in [-0.15, -0.1) is 0 Å². The highest BCUT2D eigenvalue weighted by Crippen LogP contribution is 2.46. The summed E-state index contributed by atoms with van der Waals surface area (Å²) in [6.07, 6.45) is 11.2. The smallest absolute Gasteiger partial charge is 0.253 e. The Kier molecular flexibility index (Phi) is 19.5. The molecule has 0 spiro atoms. The lowest BCUT2D eigenvalue weighted by molar-refractivity contribution is -0.146. The van der Waals surface area contributed by atoms with Gasteiger partial charge in [0.15, 0.2) is 5.78 Å². The van der Waals surface area contributed by atoms with Crippen molar-refractivity contribution in [2.24, 2.45) is 17.3 Å². The number of Topliss-reactive ketones (excluding diaryl/α,β-unsaturated/α-hetero) is 1. The van der Waals surface area contributed by atoms with Crippen LogP contribution in [0.3, 0.4) is 0 Å². The van der Waals surface area contributed by atoms with Gasteiger partial charge in [-0.1, -0.05) is 89.8 Å². The van der Waals surface area contributed by atoms with E-state index in [0.29, 0.717) is 51.0 Å². The highest BCUT2D eigenvalue weighted by Gasteiger charge is 2.46. The number of nitrogens with zero attached hydrogens (tertiary/aromatic N) is 3. The molecule has 0 unspecified atom stereocenters. The third kappa shape index (κ3) is 14.7. The lowest BCUT2D eigenvalue weighted by Crippen LogP contribution is -2.58. The van der Waals surface area contributed by atoms with Crippen LogP contribution in [0.1, 0.15) is 124 Å². The Morgan fingerprint density at radius 1 is 0.855 bits per heavy atom. The first-order chi connectivity index (χ1) is 32.7. The number of methoxy groups -OCH3 is 2. The third-order valence-electron chi connectivity index (χ3n) is 14.3. The van der Waals surface area contributed by atoms with Gasteiger partial charge in [0.25, 0.3) is 11.8 Å². The van der Waals surface area contributed by atoms with Crippen LogP contribution in [0.5, 0.6) is 0 Å². The van der Waals surface area contributed by atoms with E-state index in [9.17, 15) is 38.4 Å². The molecular formula is C53H77N6O10. The largest absolute Gasteiger partial charge is 0.379 e. The van der Waals surface area contributed by atoms with Crippen molar-refractivity contribution < 1.29 is 47.8 Å². The van der Waals surface area contributed by atoms with E-state index in [1.165, 1.54) is 12.2 Å². The minimum atomic E-state index is -1.32. The van der Waals surface area contributed by atoms with Gasteiger partial charge in [0, 0.05) is 52.9 Å². The average molecular weight is 958 g/mol. The van der Waals surface area contributed by atoms with Crippen LogP contribution in [0, 0.1) is 23.2 Å². The number of likely N-dealkylation sites (tertiary alicyclic amines) is 1. The Morgan fingerprint density at radius 2 is 1.52 bits per heavy atom. The molecule has 1 aromatic carbocycles. The Hall–Kier alpha value is -5.22. The normalized spacial score (nSPS) is 19.9. The molecule has 379 valence electrons. The molecule has 2 aliphatic heterocycles. The zero-order valence-corrected chi connectivity index (χ0v) is 42.4. The zero-order chi connectivity index (χ0) is 50.6. The van der Waals surface area contributed by atoms with Crippen LogP contribution < -0.4 is 16.0 Å². The Bertz CT molecular complexity index is 2060. The second-order valence-corrected chi connectivity index (χ2v) is 20.8. The lowest BCUT2D eigenvalue weighted by atomic mass is 9.80. The summed E-state index contributed by atoms with van der Waals surface area (Å²) in [4.78, 5) is 111. The number of hydrogen-bond acceptors (Lipinski definition) is 10. The van der Waals surface area contributed by atoms with Gasteiger partial charge >= 0.3 is 0 Å². The molecule has 16 heteroatoms. The van der Waals surface area contributed by atoms with Crippen molar-refractivity contribution in [3.8, 4) is 0 Å². The predicted octanol–water partition coefficient (Wildman–Crippen LogP) is 4.79. The number of amides is 7. The van der Waals surface area contributed by atoms with Crippen LogP contribution >= 0.6 is 0 Å². The van der Waals surface area contributed by atoms with Gasteiger partial charge in [-0.25, -0.2) is 0 Å². The number of carbonyl (C=O) groups excluding carboxylic acids is 8. The number of carbonyl (C=O) groups is 8. The first-order valence-electron chi connectivity index (χ1n) is 24.9. The molecule has 5 rings (SSSR count). The van der Waals surface area contributed by atoms with Crippen LogP contribution in [0.25, 0.3) is 0 Å². The quantitative estimate of drug-likeness (QED) is 0.0904. The monoisotopic (exact) mass is 958 g/mol. The van der Waals surface area contributed by atoms with Crippen LogP contribution in [-0.4, -0.2) is 139 Å². The van der Waals surface area contributed by atoms with Crippen molar-refractivity contribution in [1.29, 1.82) is 0 Å². The van der Waals surface area contributed by atoms with Gasteiger partial charge in [0.1, 0.15) is 5.54 Å². The molecule has 3 N–H and O–H groups in total. The molecule has 0 bridgehead atoms. The molecule has 0 aromatic heterocycles. The van der Waals surface area contributed by atoms with Crippen molar-refractivity contribution in [3.63, 3.8) is 0 Å². The summed E-state index contributed by atoms with van der Waals surface area (Å²) < 4.78 is 12.1. The maximum Gasteiger partial charge on any atom is 0.253 e. The van der Waals surface area contributed by atoms with E-state index in [2.05, 4.69) is 36.7 Å². The molecule has 2 fully saturated rings. The van der Waals surface area contributed by atoms with Gasteiger partial charge in [0.05, 0.1) is 55.1 Å². The van der Waals surface area contributed by atoms with Gasteiger partial charge < -0.3 is 35.2 Å². The number of hydrogen-bond donors (Lipinski definition) is 3. The van der Waals surface area contributed by atoms with E-state index < -0.39 is 47.7 Å². The number of benzene rings is 1. The van der Waals surface area contributed by atoms with Gasteiger partial charge in [-0.05, 0) is 81.3 Å². The molecular weight excluding hydrogens is 881 g/mol. The average Bonchev–Trinajstić information content (AvgIpc) is 3.90. The molecule has 1 saturated heterocycles. The fourth-order valence-electron chi connectivity index (χ4n) is 10.3. The van der Waals surface area contributed by atoms with Crippen LogP contribution in [0.2, 0.25) is 0 Å². The van der Waals surface area contributed by atoms with Crippen LogP contribution in [0.4, 0.5) is 0 Å². The Labute approximate surface area is 409 Å². The van der Waals surface area contributed by atoms with Crippen molar-refractivity contribution in [2.45, 2.75) is 161 Å². The number of ketones is 1. The summed E-state index contributed by atoms with van der Waals surface area (Å²) in [7, 11) is 4.77. The van der Waals surface area contributed by atoms with Crippen LogP contribution in [-0.2, 0) is 54.3 Å². The fourth-order valence-corrected chi connectivity index (χ4v) is 10.3. The van der Waals surface area contributed by atoms with Gasteiger partial charge in [-0.2, -0.15) is 0 Å². The van der Waals surface area contributed by atoms with E-state index in [0.717, 1.165) is 48.1 Å². The highest BCUT2D eigenvalue weighted by atomic mass is 16.5. The summed E-state index contributed by atoms with van der Waals surface area (Å²) in [6.45, 7) is 11.5. The summed E-state index contributed by atoms with van der Waals surface area (Å²) in [5.74, 6) is -2.57. The van der Waals surface area contributed by atoms with E-state index in [1.54, 1.807) is 51.8 Å². The molecule has 4 aliphatic rings. The van der Waals surface area contributed by atoms with Crippen molar-refractivity contribution in [3.05, 3.63) is 65.6 Å². The second-order valence-electron chi connectivity index (χ2n) is 20.8. The molecule has 1 radical (unpaired) electrons. The Morgan fingerprint density at radius 3 is 2.13 bits per heavy atom. The molecule has 1 aromatic rings. The highest BCUT2D eigenvalue weighted by molar-refractivity contribution is 6.13. The number of allylic oxidation sites excluding steroid dienone is 2. The SMILES string of the molecule is CO[C@H]([C@@H](C)C(=O)N[C@@H](Cc1ccccc1)C(=O)[C]1C=C1C(C)(C)C)[C@@H]1CCCN1C(=O)C[C@@H](OC)[C@H](C1CCCCC1)N(C)C(=O)CNC(=O)C(C)(C)NC(=O)CCCCCN1C(=O)C=CC1=O.